The molecule has 0 radical (unpaired) electrons. The highest BCUT2D eigenvalue weighted by Gasteiger charge is 2.09. The van der Waals surface area contributed by atoms with Gasteiger partial charge in [-0.3, -0.25) is 4.98 Å². The van der Waals surface area contributed by atoms with Crippen molar-refractivity contribution in [3.8, 4) is 0 Å². The molecule has 0 aromatic carbocycles. The predicted octanol–water partition coefficient (Wildman–Crippen LogP) is 1.06. The second kappa shape index (κ2) is 3.44. The van der Waals surface area contributed by atoms with E-state index in [0.717, 1.165) is 6.20 Å². The van der Waals surface area contributed by atoms with Crippen molar-refractivity contribution in [2.24, 2.45) is 5.73 Å². The lowest BCUT2D eigenvalue weighted by atomic mass is 10.2. The Kier molecular flexibility index (Phi) is 2.54. The zero-order chi connectivity index (χ0) is 9.14. The van der Waals surface area contributed by atoms with Gasteiger partial charge in [0.15, 0.2) is 0 Å². The molecule has 0 unspecified atom stereocenters. The van der Waals surface area contributed by atoms with Crippen LogP contribution < -0.4 is 11.5 Å². The molecule has 0 aliphatic rings. The number of nitrogens with zero attached hydrogens (tertiary/aromatic N) is 1. The molecule has 4 N–H and O–H groups in total. The van der Waals surface area contributed by atoms with E-state index in [1.54, 1.807) is 0 Å². The molecular weight excluding hydrogens is 164 g/mol. The van der Waals surface area contributed by atoms with Gasteiger partial charge < -0.3 is 11.5 Å². The maximum absolute atomic E-state index is 12.1. The summed E-state index contributed by atoms with van der Waals surface area (Å²) in [5.74, 6) is 0. The molecule has 66 valence electrons. The molecule has 0 saturated heterocycles. The van der Waals surface area contributed by atoms with Crippen LogP contribution in [-0.4, -0.2) is 4.98 Å². The third-order valence-corrected chi connectivity index (χ3v) is 1.47. The van der Waals surface area contributed by atoms with Crippen molar-refractivity contribution >= 4 is 5.69 Å². The van der Waals surface area contributed by atoms with Crippen molar-refractivity contribution in [2.75, 3.05) is 5.73 Å². The molecule has 1 aromatic heterocycles. The van der Waals surface area contributed by atoms with E-state index in [9.17, 15) is 8.78 Å². The van der Waals surface area contributed by atoms with Crippen LogP contribution in [0.2, 0.25) is 0 Å². The normalized spacial score (nSPS) is 10.7. The van der Waals surface area contributed by atoms with E-state index in [4.69, 9.17) is 11.5 Å². The summed E-state index contributed by atoms with van der Waals surface area (Å²) >= 11 is 0. The first-order valence-electron chi connectivity index (χ1n) is 3.37. The van der Waals surface area contributed by atoms with Crippen LogP contribution in [0.3, 0.4) is 0 Å². The van der Waals surface area contributed by atoms with Gasteiger partial charge in [0.1, 0.15) is 0 Å². The van der Waals surface area contributed by atoms with Gasteiger partial charge in [-0.25, -0.2) is 8.78 Å². The average molecular weight is 173 g/mol. The van der Waals surface area contributed by atoms with Gasteiger partial charge in [0.2, 0.25) is 0 Å². The molecule has 0 bridgehead atoms. The molecule has 0 atom stereocenters. The minimum atomic E-state index is -2.54. The van der Waals surface area contributed by atoms with Crippen molar-refractivity contribution in [3.63, 3.8) is 0 Å². The maximum atomic E-state index is 12.1. The lowest BCUT2D eigenvalue weighted by Crippen LogP contribution is -2.05. The second-order valence-electron chi connectivity index (χ2n) is 2.31. The number of rotatable bonds is 2. The van der Waals surface area contributed by atoms with Crippen molar-refractivity contribution in [1.29, 1.82) is 0 Å². The van der Waals surface area contributed by atoms with Crippen LogP contribution >= 0.6 is 0 Å². The van der Waals surface area contributed by atoms with Crippen LogP contribution in [0, 0.1) is 0 Å². The first-order valence-corrected chi connectivity index (χ1v) is 3.37. The molecule has 3 nitrogen and oxygen atoms in total. The van der Waals surface area contributed by atoms with Crippen LogP contribution in [0.15, 0.2) is 12.3 Å². The van der Waals surface area contributed by atoms with Gasteiger partial charge in [0.25, 0.3) is 6.43 Å². The summed E-state index contributed by atoms with van der Waals surface area (Å²) in [6.45, 7) is 0.162. The van der Waals surface area contributed by atoms with Gasteiger partial charge in [-0.15, -0.1) is 0 Å². The minimum absolute atomic E-state index is 0.162. The number of aromatic nitrogens is 1. The Hall–Kier alpha value is -1.23. The molecule has 5 heteroatoms. The van der Waals surface area contributed by atoms with Crippen molar-refractivity contribution in [2.45, 2.75) is 13.0 Å². The monoisotopic (exact) mass is 173 g/mol. The fourth-order valence-electron chi connectivity index (χ4n) is 0.817. The number of nitrogen functional groups attached to an aromatic ring is 1. The van der Waals surface area contributed by atoms with Gasteiger partial charge in [-0.2, -0.15) is 0 Å². The number of hydrogen-bond donors (Lipinski definition) is 2. The first-order chi connectivity index (χ1) is 5.65. The van der Waals surface area contributed by atoms with Gasteiger partial charge in [-0.1, -0.05) is 0 Å². The van der Waals surface area contributed by atoms with Crippen LogP contribution in [0.25, 0.3) is 0 Å². The smallest absolute Gasteiger partial charge is 0.265 e. The number of nitrogens with two attached hydrogens (primary N) is 2. The van der Waals surface area contributed by atoms with E-state index in [2.05, 4.69) is 4.98 Å². The molecule has 0 amide bonds. The molecule has 0 saturated carbocycles. The summed E-state index contributed by atoms with van der Waals surface area (Å²) < 4.78 is 24.1. The summed E-state index contributed by atoms with van der Waals surface area (Å²) in [6, 6.07) is 1.19. The Bertz CT molecular complexity index is 275. The van der Waals surface area contributed by atoms with Crippen molar-refractivity contribution in [3.05, 3.63) is 23.5 Å². The molecule has 0 aliphatic carbocycles. The number of anilines is 1. The lowest BCUT2D eigenvalue weighted by Gasteiger charge is -2.04. The van der Waals surface area contributed by atoms with E-state index in [1.807, 2.05) is 0 Å². The highest BCUT2D eigenvalue weighted by Crippen LogP contribution is 2.20. The zero-order valence-electron chi connectivity index (χ0n) is 6.30. The lowest BCUT2D eigenvalue weighted by molar-refractivity contribution is 0.151. The standard InChI is InChI=1S/C7H9F2N3/c8-7(9)4-1-5(11)6(2-10)12-3-4/h1,3,7H,2,10-11H2. The Morgan fingerprint density at radius 1 is 1.50 bits per heavy atom. The molecule has 1 rings (SSSR count). The quantitative estimate of drug-likeness (QED) is 0.702. The van der Waals surface area contributed by atoms with E-state index in [-0.39, 0.29) is 17.8 Å². The van der Waals surface area contributed by atoms with E-state index < -0.39 is 6.43 Å². The summed E-state index contributed by atoms with van der Waals surface area (Å²) in [4.78, 5) is 3.69. The number of pyridine rings is 1. The number of halogens is 2. The molecule has 0 fully saturated rings. The van der Waals surface area contributed by atoms with E-state index in [0.29, 0.717) is 5.69 Å². The molecule has 0 aliphatic heterocycles. The fraction of sp³-hybridized carbons (Fsp3) is 0.286. The summed E-state index contributed by atoms with van der Waals surface area (Å²) in [7, 11) is 0. The van der Waals surface area contributed by atoms with Crippen LogP contribution in [0.1, 0.15) is 17.7 Å². The van der Waals surface area contributed by atoms with Crippen LogP contribution in [0.5, 0.6) is 0 Å². The van der Waals surface area contributed by atoms with Gasteiger partial charge in [0.05, 0.1) is 11.4 Å². The minimum Gasteiger partial charge on any atom is -0.397 e. The molecule has 1 aromatic rings. The Morgan fingerprint density at radius 3 is 2.58 bits per heavy atom. The Morgan fingerprint density at radius 2 is 2.17 bits per heavy atom. The zero-order valence-corrected chi connectivity index (χ0v) is 6.30. The Balaban J connectivity index is 3.02. The van der Waals surface area contributed by atoms with Gasteiger partial charge >= 0.3 is 0 Å². The van der Waals surface area contributed by atoms with E-state index in [1.165, 1.54) is 6.07 Å². The highest BCUT2D eigenvalue weighted by molar-refractivity contribution is 5.44. The van der Waals surface area contributed by atoms with Crippen LogP contribution in [-0.2, 0) is 6.54 Å². The number of hydrogen-bond acceptors (Lipinski definition) is 3. The first kappa shape index (κ1) is 8.86. The third-order valence-electron chi connectivity index (χ3n) is 1.47. The SMILES string of the molecule is NCc1ncc(C(F)F)cc1N. The van der Waals surface area contributed by atoms with Gasteiger partial charge in [-0.05, 0) is 6.07 Å². The molecule has 0 spiro atoms. The summed E-state index contributed by atoms with van der Waals surface area (Å²) in [5, 5.41) is 0. The van der Waals surface area contributed by atoms with Crippen molar-refractivity contribution in [1.82, 2.24) is 4.98 Å². The topological polar surface area (TPSA) is 64.9 Å². The largest absolute Gasteiger partial charge is 0.397 e. The van der Waals surface area contributed by atoms with Gasteiger partial charge in [0, 0.05) is 18.3 Å². The highest BCUT2D eigenvalue weighted by atomic mass is 19.3. The second-order valence-corrected chi connectivity index (χ2v) is 2.31. The molecule has 1 heterocycles. The molecule has 12 heavy (non-hydrogen) atoms. The Labute approximate surface area is 68.4 Å². The molecular formula is C7H9F2N3. The summed E-state index contributed by atoms with van der Waals surface area (Å²) in [5.41, 5.74) is 11.1. The van der Waals surface area contributed by atoms with Crippen LogP contribution in [0.4, 0.5) is 14.5 Å². The van der Waals surface area contributed by atoms with Crippen molar-refractivity contribution < 1.29 is 8.78 Å². The maximum Gasteiger partial charge on any atom is 0.265 e. The average Bonchev–Trinajstić information content (AvgIpc) is 2.04. The predicted molar refractivity (Wildman–Crippen MR) is 41.5 cm³/mol. The number of alkyl halides is 2. The fourth-order valence-corrected chi connectivity index (χ4v) is 0.817. The van der Waals surface area contributed by atoms with E-state index >= 15 is 0 Å². The third kappa shape index (κ3) is 1.68. The summed E-state index contributed by atoms with van der Waals surface area (Å²) in [6.07, 6.45) is -1.45.